The number of rotatable bonds is 5. The Morgan fingerprint density at radius 3 is 2.48 bits per heavy atom. The average molecular weight is 288 g/mol. The fourth-order valence-electron chi connectivity index (χ4n) is 1.87. The lowest BCUT2D eigenvalue weighted by Crippen LogP contribution is -2.07. The zero-order chi connectivity index (χ0) is 15.4. The van der Waals surface area contributed by atoms with Crippen molar-refractivity contribution < 1.29 is 23.8 Å². The molecule has 0 aliphatic heterocycles. The van der Waals surface area contributed by atoms with Crippen molar-refractivity contribution in [2.45, 2.75) is 13.5 Å². The van der Waals surface area contributed by atoms with Crippen LogP contribution < -0.4 is 4.74 Å². The number of hydrogen-bond acceptors (Lipinski definition) is 3. The summed E-state index contributed by atoms with van der Waals surface area (Å²) in [4.78, 5) is 22.5. The van der Waals surface area contributed by atoms with Crippen LogP contribution in [-0.2, 0) is 6.61 Å². The van der Waals surface area contributed by atoms with E-state index in [4.69, 9.17) is 9.84 Å². The zero-order valence-electron chi connectivity index (χ0n) is 11.3. The van der Waals surface area contributed by atoms with Gasteiger partial charge in [-0.1, -0.05) is 18.2 Å². The van der Waals surface area contributed by atoms with Crippen molar-refractivity contribution in [3.05, 3.63) is 65.0 Å². The molecule has 108 valence electrons. The van der Waals surface area contributed by atoms with Gasteiger partial charge in [0, 0.05) is 11.1 Å². The summed E-state index contributed by atoms with van der Waals surface area (Å²) in [7, 11) is 0. The van der Waals surface area contributed by atoms with Crippen molar-refractivity contribution >= 4 is 11.8 Å². The van der Waals surface area contributed by atoms with Gasteiger partial charge in [-0.25, -0.2) is 9.18 Å². The Kier molecular flexibility index (Phi) is 4.33. The van der Waals surface area contributed by atoms with Crippen LogP contribution in [0, 0.1) is 5.82 Å². The molecule has 0 radical (unpaired) electrons. The largest absolute Gasteiger partial charge is 0.489 e. The first-order valence-electron chi connectivity index (χ1n) is 6.23. The highest BCUT2D eigenvalue weighted by Gasteiger charge is 2.15. The molecular formula is C16H13FO4. The lowest BCUT2D eigenvalue weighted by molar-refractivity contribution is 0.0691. The highest BCUT2D eigenvalue weighted by molar-refractivity contribution is 6.05. The van der Waals surface area contributed by atoms with Crippen LogP contribution in [0.5, 0.6) is 5.75 Å². The minimum absolute atomic E-state index is 0.0227. The van der Waals surface area contributed by atoms with Gasteiger partial charge in [-0.2, -0.15) is 0 Å². The van der Waals surface area contributed by atoms with E-state index < -0.39 is 11.8 Å². The number of Topliss-reactive ketones (excluding diaryl/α,β-unsaturated/α-hetero) is 1. The molecule has 0 spiro atoms. The fourth-order valence-corrected chi connectivity index (χ4v) is 1.87. The van der Waals surface area contributed by atoms with E-state index in [1.807, 2.05) is 0 Å². The minimum Gasteiger partial charge on any atom is -0.489 e. The van der Waals surface area contributed by atoms with Crippen LogP contribution in [0.2, 0.25) is 0 Å². The van der Waals surface area contributed by atoms with E-state index >= 15 is 0 Å². The van der Waals surface area contributed by atoms with Gasteiger partial charge in [-0.15, -0.1) is 0 Å². The Hall–Kier alpha value is -2.69. The van der Waals surface area contributed by atoms with Crippen LogP contribution in [0.3, 0.4) is 0 Å². The monoisotopic (exact) mass is 288 g/mol. The molecule has 0 amide bonds. The normalized spacial score (nSPS) is 10.2. The van der Waals surface area contributed by atoms with Crippen LogP contribution >= 0.6 is 0 Å². The number of ketones is 1. The van der Waals surface area contributed by atoms with Crippen molar-refractivity contribution in [1.82, 2.24) is 0 Å². The van der Waals surface area contributed by atoms with Gasteiger partial charge in [0.05, 0.1) is 5.56 Å². The Morgan fingerprint density at radius 2 is 1.86 bits per heavy atom. The summed E-state index contributed by atoms with van der Waals surface area (Å²) in [5.41, 5.74) is 0.347. The maximum atomic E-state index is 13.5. The fraction of sp³-hybridized carbons (Fsp3) is 0.125. The van der Waals surface area contributed by atoms with Gasteiger partial charge in [0.1, 0.15) is 18.2 Å². The van der Waals surface area contributed by atoms with Gasteiger partial charge in [0.15, 0.2) is 5.78 Å². The number of halogens is 1. The Bertz CT molecular complexity index is 694. The molecule has 0 aliphatic carbocycles. The number of carboxylic acids is 1. The van der Waals surface area contributed by atoms with Crippen LogP contribution in [0.1, 0.15) is 33.2 Å². The third-order valence-corrected chi connectivity index (χ3v) is 2.95. The molecule has 0 saturated carbocycles. The highest BCUT2D eigenvalue weighted by atomic mass is 19.1. The maximum Gasteiger partial charge on any atom is 0.336 e. The van der Waals surface area contributed by atoms with E-state index in [-0.39, 0.29) is 29.3 Å². The number of benzene rings is 2. The molecule has 0 aliphatic rings. The Balaban J connectivity index is 2.22. The summed E-state index contributed by atoms with van der Waals surface area (Å²) in [6.45, 7) is 1.27. The molecule has 5 heteroatoms. The van der Waals surface area contributed by atoms with Crippen LogP contribution in [-0.4, -0.2) is 16.9 Å². The second-order valence-corrected chi connectivity index (χ2v) is 4.45. The molecule has 0 heterocycles. The number of carboxylic acid groups (broad SMARTS) is 1. The number of carbonyl (C=O) groups excluding carboxylic acids is 1. The smallest absolute Gasteiger partial charge is 0.336 e. The van der Waals surface area contributed by atoms with Crippen molar-refractivity contribution in [2.75, 3.05) is 0 Å². The van der Waals surface area contributed by atoms with E-state index in [2.05, 4.69) is 0 Å². The molecule has 2 aromatic carbocycles. The first-order chi connectivity index (χ1) is 9.99. The molecule has 2 rings (SSSR count). The van der Waals surface area contributed by atoms with Gasteiger partial charge in [-0.05, 0) is 31.2 Å². The third-order valence-electron chi connectivity index (χ3n) is 2.95. The van der Waals surface area contributed by atoms with E-state index in [0.717, 1.165) is 0 Å². The maximum absolute atomic E-state index is 13.5. The molecule has 0 fully saturated rings. The van der Waals surface area contributed by atoms with Crippen LogP contribution in [0.15, 0.2) is 42.5 Å². The average Bonchev–Trinajstić information content (AvgIpc) is 2.46. The molecule has 4 nitrogen and oxygen atoms in total. The quantitative estimate of drug-likeness (QED) is 0.857. The molecule has 2 aromatic rings. The molecule has 0 atom stereocenters. The van der Waals surface area contributed by atoms with Gasteiger partial charge < -0.3 is 9.84 Å². The molecule has 0 bridgehead atoms. The summed E-state index contributed by atoms with van der Waals surface area (Å²) in [6, 6.07) is 10.3. The SMILES string of the molecule is CC(=O)c1ccc(OCc2ccccc2F)cc1C(=O)O. The molecule has 0 aromatic heterocycles. The van der Waals surface area contributed by atoms with Crippen LogP contribution in [0.25, 0.3) is 0 Å². The molecular weight excluding hydrogens is 275 g/mol. The summed E-state index contributed by atoms with van der Waals surface area (Å²) >= 11 is 0. The van der Waals surface area contributed by atoms with E-state index in [9.17, 15) is 14.0 Å². The van der Waals surface area contributed by atoms with Crippen molar-refractivity contribution in [1.29, 1.82) is 0 Å². The lowest BCUT2D eigenvalue weighted by atomic mass is 10.0. The number of carbonyl (C=O) groups is 2. The second-order valence-electron chi connectivity index (χ2n) is 4.45. The second kappa shape index (κ2) is 6.17. The third kappa shape index (κ3) is 3.45. The zero-order valence-corrected chi connectivity index (χ0v) is 11.3. The first-order valence-corrected chi connectivity index (χ1v) is 6.23. The van der Waals surface area contributed by atoms with E-state index in [1.165, 1.54) is 31.2 Å². The highest BCUT2D eigenvalue weighted by Crippen LogP contribution is 2.20. The predicted octanol–water partition coefficient (Wildman–Crippen LogP) is 3.31. The first kappa shape index (κ1) is 14.7. The number of ether oxygens (including phenoxy) is 1. The molecule has 21 heavy (non-hydrogen) atoms. The Morgan fingerprint density at radius 1 is 1.14 bits per heavy atom. The predicted molar refractivity (Wildman–Crippen MR) is 74.1 cm³/mol. The molecule has 0 unspecified atom stereocenters. The van der Waals surface area contributed by atoms with E-state index in [0.29, 0.717) is 5.56 Å². The topological polar surface area (TPSA) is 63.6 Å². The van der Waals surface area contributed by atoms with Gasteiger partial charge >= 0.3 is 5.97 Å². The van der Waals surface area contributed by atoms with Gasteiger partial charge in [0.25, 0.3) is 0 Å². The number of hydrogen-bond donors (Lipinski definition) is 1. The summed E-state index contributed by atoms with van der Waals surface area (Å²) in [5.74, 6) is -1.68. The lowest BCUT2D eigenvalue weighted by Gasteiger charge is -2.09. The van der Waals surface area contributed by atoms with E-state index in [1.54, 1.807) is 18.2 Å². The summed E-state index contributed by atoms with van der Waals surface area (Å²) in [6.07, 6.45) is 0. The number of aromatic carboxylic acids is 1. The molecule has 1 N–H and O–H groups in total. The molecule has 0 saturated heterocycles. The van der Waals surface area contributed by atoms with Gasteiger partial charge in [-0.3, -0.25) is 4.79 Å². The Labute approximate surface area is 120 Å². The van der Waals surface area contributed by atoms with Crippen molar-refractivity contribution in [3.63, 3.8) is 0 Å². The van der Waals surface area contributed by atoms with Gasteiger partial charge in [0.2, 0.25) is 0 Å². The van der Waals surface area contributed by atoms with Crippen molar-refractivity contribution in [2.24, 2.45) is 0 Å². The standard InChI is InChI=1S/C16H13FO4/c1-10(18)13-7-6-12(8-14(13)16(19)20)21-9-11-4-2-3-5-15(11)17/h2-8H,9H2,1H3,(H,19,20). The minimum atomic E-state index is -1.21. The summed E-state index contributed by atoms with van der Waals surface area (Å²) in [5, 5.41) is 9.10. The van der Waals surface area contributed by atoms with Crippen LogP contribution in [0.4, 0.5) is 4.39 Å². The summed E-state index contributed by atoms with van der Waals surface area (Å²) < 4.78 is 18.8. The van der Waals surface area contributed by atoms with Crippen molar-refractivity contribution in [3.8, 4) is 5.75 Å².